The fourth-order valence-electron chi connectivity index (χ4n) is 1.36. The fraction of sp³-hybridized carbons (Fsp3) is 0. The molecule has 2 rings (SSSR count). The quantitative estimate of drug-likeness (QED) is 0.377. The number of pyridine rings is 1. The summed E-state index contributed by atoms with van der Waals surface area (Å²) in [6, 6.07) is 9.60. The highest BCUT2D eigenvalue weighted by atomic mass is 35.5. The van der Waals surface area contributed by atoms with E-state index in [0.717, 1.165) is 10.9 Å². The molecule has 0 radical (unpaired) electrons. The van der Waals surface area contributed by atoms with Crippen LogP contribution in [0.5, 0.6) is 0 Å². The van der Waals surface area contributed by atoms with Gasteiger partial charge in [-0.15, -0.1) is 0 Å². The van der Waals surface area contributed by atoms with E-state index in [1.165, 1.54) is 6.21 Å². The Morgan fingerprint density at radius 1 is 1.47 bits per heavy atom. The topological polar surface area (TPSA) is 63.3 Å². The number of thiocarbonyl (C=S) groups is 1. The van der Waals surface area contributed by atoms with Crippen molar-refractivity contribution in [2.24, 2.45) is 10.8 Å². The number of hydrogen-bond acceptors (Lipinski definition) is 3. The minimum atomic E-state index is 0.103. The fourth-order valence-corrected chi connectivity index (χ4v) is 1.61. The summed E-state index contributed by atoms with van der Waals surface area (Å²) in [5, 5.41) is 5.33. The van der Waals surface area contributed by atoms with Gasteiger partial charge in [0.05, 0.1) is 11.7 Å². The predicted molar refractivity (Wildman–Crippen MR) is 74.3 cm³/mol. The largest absolute Gasteiger partial charge is 0.375 e. The molecule has 0 aliphatic rings. The highest BCUT2D eigenvalue weighted by Crippen LogP contribution is 2.18. The van der Waals surface area contributed by atoms with E-state index in [4.69, 9.17) is 17.3 Å². The SMILES string of the molecule is NC(=S)N/N=C\c1cc2ccccc2nc1Cl. The van der Waals surface area contributed by atoms with Gasteiger partial charge in [-0.2, -0.15) is 5.10 Å². The third kappa shape index (κ3) is 2.89. The van der Waals surface area contributed by atoms with Crippen molar-refractivity contribution in [3.63, 3.8) is 0 Å². The zero-order valence-electron chi connectivity index (χ0n) is 8.72. The zero-order valence-corrected chi connectivity index (χ0v) is 10.3. The summed E-state index contributed by atoms with van der Waals surface area (Å²) in [7, 11) is 0. The van der Waals surface area contributed by atoms with Gasteiger partial charge in [0.2, 0.25) is 0 Å². The number of hydrogen-bond donors (Lipinski definition) is 2. The average molecular weight is 265 g/mol. The van der Waals surface area contributed by atoms with Crippen LogP contribution in [0.4, 0.5) is 0 Å². The van der Waals surface area contributed by atoms with Crippen LogP contribution < -0.4 is 11.2 Å². The second kappa shape index (κ2) is 5.07. The van der Waals surface area contributed by atoms with E-state index >= 15 is 0 Å². The Labute approximate surface area is 108 Å². The van der Waals surface area contributed by atoms with Gasteiger partial charge in [0.1, 0.15) is 5.15 Å². The van der Waals surface area contributed by atoms with Crippen molar-refractivity contribution in [1.82, 2.24) is 10.4 Å². The van der Waals surface area contributed by atoms with Crippen LogP contribution in [0.3, 0.4) is 0 Å². The molecule has 0 spiro atoms. The van der Waals surface area contributed by atoms with Crippen molar-refractivity contribution in [2.75, 3.05) is 0 Å². The first kappa shape index (κ1) is 11.8. The van der Waals surface area contributed by atoms with Gasteiger partial charge in [-0.3, -0.25) is 5.43 Å². The minimum Gasteiger partial charge on any atom is -0.375 e. The number of nitrogens with one attached hydrogen (secondary N) is 1. The maximum atomic E-state index is 6.02. The molecule has 1 heterocycles. The van der Waals surface area contributed by atoms with Crippen LogP contribution in [-0.4, -0.2) is 16.3 Å². The molecule has 4 nitrogen and oxygen atoms in total. The van der Waals surface area contributed by atoms with Crippen molar-refractivity contribution in [3.8, 4) is 0 Å². The molecule has 0 saturated heterocycles. The monoisotopic (exact) mass is 264 g/mol. The van der Waals surface area contributed by atoms with Gasteiger partial charge in [0.25, 0.3) is 0 Å². The second-order valence-electron chi connectivity index (χ2n) is 3.30. The summed E-state index contributed by atoms with van der Waals surface area (Å²) >= 11 is 10.6. The predicted octanol–water partition coefficient (Wildman–Crippen LogP) is 2.06. The molecule has 86 valence electrons. The molecule has 0 atom stereocenters. The molecule has 0 saturated carbocycles. The lowest BCUT2D eigenvalue weighted by atomic mass is 10.2. The summed E-state index contributed by atoms with van der Waals surface area (Å²) in [5.74, 6) is 0. The van der Waals surface area contributed by atoms with Crippen LogP contribution >= 0.6 is 23.8 Å². The van der Waals surface area contributed by atoms with Crippen molar-refractivity contribution in [2.45, 2.75) is 0 Å². The summed E-state index contributed by atoms with van der Waals surface area (Å²) in [6.07, 6.45) is 1.53. The molecule has 0 aliphatic carbocycles. The molecule has 0 unspecified atom stereocenters. The van der Waals surface area contributed by atoms with E-state index < -0.39 is 0 Å². The molecular weight excluding hydrogens is 256 g/mol. The lowest BCUT2D eigenvalue weighted by molar-refractivity contribution is 1.04. The normalized spacial score (nSPS) is 10.9. The van der Waals surface area contributed by atoms with Crippen LogP contribution in [0.15, 0.2) is 35.4 Å². The van der Waals surface area contributed by atoms with Crippen LogP contribution in [0.1, 0.15) is 5.56 Å². The maximum absolute atomic E-state index is 6.02. The number of aromatic nitrogens is 1. The van der Waals surface area contributed by atoms with Gasteiger partial charge in [-0.1, -0.05) is 29.8 Å². The standard InChI is InChI=1S/C11H9ClN4S/c12-10-8(6-14-16-11(13)17)5-7-3-1-2-4-9(7)15-10/h1-6H,(H3,13,16,17)/b14-6-. The zero-order chi connectivity index (χ0) is 12.3. The first-order chi connectivity index (χ1) is 8.16. The highest BCUT2D eigenvalue weighted by Gasteiger charge is 2.02. The van der Waals surface area contributed by atoms with Crippen molar-refractivity contribution < 1.29 is 0 Å². The molecule has 2 aromatic rings. The Hall–Kier alpha value is -1.72. The Bertz CT molecular complexity index is 597. The minimum absolute atomic E-state index is 0.103. The molecule has 1 aromatic carbocycles. The Kier molecular flexibility index (Phi) is 3.51. The van der Waals surface area contributed by atoms with E-state index in [1.807, 2.05) is 30.3 Å². The number of benzene rings is 1. The number of nitrogens with two attached hydrogens (primary N) is 1. The van der Waals surface area contributed by atoms with Crippen molar-refractivity contribution in [3.05, 3.63) is 41.0 Å². The number of fused-ring (bicyclic) bond motifs is 1. The first-order valence-electron chi connectivity index (χ1n) is 4.80. The molecule has 0 aliphatic heterocycles. The van der Waals surface area contributed by atoms with Crippen LogP contribution in [-0.2, 0) is 0 Å². The number of halogens is 1. The summed E-state index contributed by atoms with van der Waals surface area (Å²) < 4.78 is 0. The van der Waals surface area contributed by atoms with E-state index in [0.29, 0.717) is 10.7 Å². The van der Waals surface area contributed by atoms with E-state index in [9.17, 15) is 0 Å². The third-order valence-corrected chi connectivity index (χ3v) is 2.48. The third-order valence-electron chi connectivity index (χ3n) is 2.08. The highest BCUT2D eigenvalue weighted by molar-refractivity contribution is 7.80. The van der Waals surface area contributed by atoms with Crippen molar-refractivity contribution >= 4 is 46.0 Å². The molecule has 0 fully saturated rings. The smallest absolute Gasteiger partial charge is 0.184 e. The van der Waals surface area contributed by atoms with Gasteiger partial charge in [0, 0.05) is 10.9 Å². The van der Waals surface area contributed by atoms with E-state index in [1.54, 1.807) is 0 Å². The Balaban J connectivity index is 2.37. The number of hydrazone groups is 1. The van der Waals surface area contributed by atoms with Gasteiger partial charge >= 0.3 is 0 Å². The molecule has 1 aromatic heterocycles. The Morgan fingerprint density at radius 2 is 2.24 bits per heavy atom. The number of para-hydroxylation sites is 1. The summed E-state index contributed by atoms with van der Waals surface area (Å²) in [4.78, 5) is 4.26. The van der Waals surface area contributed by atoms with Gasteiger partial charge in [-0.05, 0) is 24.4 Å². The summed E-state index contributed by atoms with van der Waals surface area (Å²) in [5.41, 5.74) is 9.25. The van der Waals surface area contributed by atoms with Crippen LogP contribution in [0.25, 0.3) is 10.9 Å². The van der Waals surface area contributed by atoms with Gasteiger partial charge in [-0.25, -0.2) is 4.98 Å². The first-order valence-corrected chi connectivity index (χ1v) is 5.59. The molecule has 17 heavy (non-hydrogen) atoms. The van der Waals surface area contributed by atoms with Gasteiger partial charge in [0.15, 0.2) is 5.11 Å². The average Bonchev–Trinajstić information content (AvgIpc) is 2.29. The maximum Gasteiger partial charge on any atom is 0.184 e. The summed E-state index contributed by atoms with van der Waals surface area (Å²) in [6.45, 7) is 0. The number of rotatable bonds is 2. The molecule has 6 heteroatoms. The lowest BCUT2D eigenvalue weighted by Crippen LogP contribution is -2.24. The van der Waals surface area contributed by atoms with Crippen LogP contribution in [0, 0.1) is 0 Å². The molecular formula is C11H9ClN4S. The van der Waals surface area contributed by atoms with Crippen LogP contribution in [0.2, 0.25) is 5.15 Å². The Morgan fingerprint density at radius 3 is 3.00 bits per heavy atom. The number of nitrogens with zero attached hydrogens (tertiary/aromatic N) is 2. The molecule has 0 amide bonds. The van der Waals surface area contributed by atoms with E-state index in [2.05, 4.69) is 27.7 Å². The second-order valence-corrected chi connectivity index (χ2v) is 4.09. The molecule has 0 bridgehead atoms. The lowest BCUT2D eigenvalue weighted by Gasteiger charge is -2.01. The molecule has 3 N–H and O–H groups in total. The van der Waals surface area contributed by atoms with Gasteiger partial charge < -0.3 is 5.73 Å². The van der Waals surface area contributed by atoms with Crippen molar-refractivity contribution in [1.29, 1.82) is 0 Å². The van der Waals surface area contributed by atoms with E-state index in [-0.39, 0.29) is 5.11 Å².